The molecule has 3 N–H and O–H groups in total. The molecule has 0 saturated carbocycles. The quantitative estimate of drug-likeness (QED) is 0.300. The van der Waals surface area contributed by atoms with Gasteiger partial charge in [-0.25, -0.2) is 4.79 Å². The van der Waals surface area contributed by atoms with Gasteiger partial charge in [-0.3, -0.25) is 19.1 Å². The Morgan fingerprint density at radius 1 is 1.03 bits per heavy atom. The Morgan fingerprint density at radius 2 is 1.86 bits per heavy atom. The van der Waals surface area contributed by atoms with Crippen LogP contribution in [-0.2, 0) is 11.2 Å². The molecule has 11 nitrogen and oxygen atoms in total. The summed E-state index contributed by atoms with van der Waals surface area (Å²) in [6.45, 7) is 0. The Hall–Kier alpha value is -4.32. The molecule has 35 heavy (non-hydrogen) atoms. The lowest BCUT2D eigenvalue weighted by atomic mass is 10.2. The molecule has 0 spiro atoms. The van der Waals surface area contributed by atoms with E-state index >= 15 is 0 Å². The summed E-state index contributed by atoms with van der Waals surface area (Å²) in [4.78, 5) is 40.8. The Kier molecular flexibility index (Phi) is 7.31. The monoisotopic (exact) mass is 494 g/mol. The van der Waals surface area contributed by atoms with Crippen LogP contribution in [0.3, 0.4) is 0 Å². The van der Waals surface area contributed by atoms with Crippen LogP contribution in [0, 0.1) is 0 Å². The van der Waals surface area contributed by atoms with Gasteiger partial charge in [0.1, 0.15) is 17.3 Å². The number of aromatic amines is 2. The van der Waals surface area contributed by atoms with Crippen molar-refractivity contribution >= 4 is 23.4 Å². The summed E-state index contributed by atoms with van der Waals surface area (Å²) < 4.78 is 12.4. The number of thioether (sulfide) groups is 1. The van der Waals surface area contributed by atoms with Gasteiger partial charge in [0.05, 0.1) is 31.3 Å². The number of benzene rings is 2. The van der Waals surface area contributed by atoms with E-state index in [1.165, 1.54) is 24.9 Å². The Balaban J connectivity index is 1.61. The number of amides is 1. The van der Waals surface area contributed by atoms with Gasteiger partial charge in [-0.2, -0.15) is 0 Å². The maximum absolute atomic E-state index is 12.6. The number of H-pyrrole nitrogens is 2. The van der Waals surface area contributed by atoms with Crippen LogP contribution < -0.4 is 26.0 Å². The first-order valence-electron chi connectivity index (χ1n) is 10.4. The fourth-order valence-corrected chi connectivity index (χ4v) is 4.14. The highest BCUT2D eigenvalue weighted by Crippen LogP contribution is 2.27. The highest BCUT2D eigenvalue weighted by Gasteiger charge is 2.18. The summed E-state index contributed by atoms with van der Waals surface area (Å²) in [6.07, 6.45) is 0.136. The van der Waals surface area contributed by atoms with Gasteiger partial charge in [-0.1, -0.05) is 30.0 Å². The molecule has 0 fully saturated rings. The van der Waals surface area contributed by atoms with E-state index in [4.69, 9.17) is 9.47 Å². The fraction of sp³-hybridized carbons (Fsp3) is 0.174. The molecule has 0 unspecified atom stereocenters. The van der Waals surface area contributed by atoms with Gasteiger partial charge in [-0.15, -0.1) is 10.2 Å². The van der Waals surface area contributed by atoms with E-state index < -0.39 is 11.2 Å². The average molecular weight is 495 g/mol. The fourth-order valence-electron chi connectivity index (χ4n) is 3.37. The summed E-state index contributed by atoms with van der Waals surface area (Å²) in [7, 11) is 3.09. The second kappa shape index (κ2) is 10.7. The van der Waals surface area contributed by atoms with Crippen LogP contribution in [0.1, 0.15) is 11.5 Å². The molecule has 1 amide bonds. The summed E-state index contributed by atoms with van der Waals surface area (Å²) in [5.41, 5.74) is 0.514. The standard InChI is InChI=1S/C23H22N6O5S/c1-33-16-7-5-6-15(12-16)29-19(10-14-11-20(30)26-22(32)24-14)27-28-23(29)35-13-21(31)25-17-8-3-4-9-18(17)34-2/h3-9,11-12H,10,13H2,1-2H3,(H,25,31)(H2,24,26,30,32). The third kappa shape index (κ3) is 5.79. The third-order valence-corrected chi connectivity index (χ3v) is 5.82. The molecule has 4 aromatic rings. The number of nitrogens with one attached hydrogen (secondary N) is 3. The van der Waals surface area contributed by atoms with E-state index in [-0.39, 0.29) is 18.1 Å². The molecule has 2 heterocycles. The number of carbonyl (C=O) groups is 1. The van der Waals surface area contributed by atoms with Crippen LogP contribution >= 0.6 is 11.8 Å². The topological polar surface area (TPSA) is 144 Å². The number of carbonyl (C=O) groups excluding carboxylic acids is 1. The molecule has 12 heteroatoms. The second-order valence-corrected chi connectivity index (χ2v) is 8.21. The number of methoxy groups -OCH3 is 2. The number of rotatable bonds is 9. The van der Waals surface area contributed by atoms with Crippen molar-refractivity contribution in [2.24, 2.45) is 0 Å². The lowest BCUT2D eigenvalue weighted by Gasteiger charge is -2.12. The SMILES string of the molecule is COc1cccc(-n2c(Cc3cc(=O)[nH]c(=O)[nH]3)nnc2SCC(=O)Nc2ccccc2OC)c1. The number of hydrogen-bond acceptors (Lipinski definition) is 8. The van der Waals surface area contributed by atoms with Gasteiger partial charge >= 0.3 is 5.69 Å². The van der Waals surface area contributed by atoms with Crippen molar-refractivity contribution in [3.63, 3.8) is 0 Å². The van der Waals surface area contributed by atoms with Crippen molar-refractivity contribution in [2.45, 2.75) is 11.6 Å². The van der Waals surface area contributed by atoms with Crippen LogP contribution in [0.15, 0.2) is 69.3 Å². The molecule has 0 aliphatic heterocycles. The normalized spacial score (nSPS) is 10.7. The van der Waals surface area contributed by atoms with Crippen molar-refractivity contribution in [1.82, 2.24) is 24.7 Å². The van der Waals surface area contributed by atoms with E-state index in [2.05, 4.69) is 25.5 Å². The summed E-state index contributed by atoms with van der Waals surface area (Å²) in [6, 6.07) is 15.7. The van der Waals surface area contributed by atoms with Crippen molar-refractivity contribution < 1.29 is 14.3 Å². The summed E-state index contributed by atoms with van der Waals surface area (Å²) >= 11 is 1.19. The van der Waals surface area contributed by atoms with E-state index in [1.807, 2.05) is 18.2 Å². The smallest absolute Gasteiger partial charge is 0.325 e. The molecule has 2 aromatic carbocycles. The molecule has 180 valence electrons. The second-order valence-electron chi connectivity index (χ2n) is 7.26. The van der Waals surface area contributed by atoms with Gasteiger partial charge in [0, 0.05) is 24.2 Å². The first kappa shape index (κ1) is 23.8. The third-order valence-electron chi connectivity index (χ3n) is 4.89. The molecule has 4 rings (SSSR count). The molecule has 0 aliphatic rings. The lowest BCUT2D eigenvalue weighted by molar-refractivity contribution is -0.113. The van der Waals surface area contributed by atoms with Crippen molar-refractivity contribution in [3.8, 4) is 17.2 Å². The minimum atomic E-state index is -0.609. The molecule has 2 aromatic heterocycles. The zero-order valence-electron chi connectivity index (χ0n) is 18.9. The highest BCUT2D eigenvalue weighted by atomic mass is 32.2. The predicted molar refractivity (Wildman–Crippen MR) is 131 cm³/mol. The molecular weight excluding hydrogens is 472 g/mol. The Morgan fingerprint density at radius 3 is 2.63 bits per heavy atom. The van der Waals surface area contributed by atoms with Crippen LogP contribution in [0.5, 0.6) is 11.5 Å². The zero-order valence-corrected chi connectivity index (χ0v) is 19.7. The minimum Gasteiger partial charge on any atom is -0.497 e. The first-order valence-corrected chi connectivity index (χ1v) is 11.4. The van der Waals surface area contributed by atoms with E-state index in [0.717, 1.165) is 0 Å². The van der Waals surface area contributed by atoms with Crippen molar-refractivity contribution in [3.05, 3.63) is 87.0 Å². The average Bonchev–Trinajstić information content (AvgIpc) is 3.24. The Bertz CT molecular complexity index is 1430. The van der Waals surface area contributed by atoms with Crippen molar-refractivity contribution in [2.75, 3.05) is 25.3 Å². The summed E-state index contributed by atoms with van der Waals surface area (Å²) in [5, 5.41) is 11.8. The first-order chi connectivity index (χ1) is 17.0. The maximum atomic E-state index is 12.6. The van der Waals surface area contributed by atoms with Gasteiger partial charge in [0.15, 0.2) is 5.16 Å². The van der Waals surface area contributed by atoms with E-state index in [9.17, 15) is 14.4 Å². The maximum Gasteiger partial charge on any atom is 0.325 e. The van der Waals surface area contributed by atoms with E-state index in [0.29, 0.717) is 39.5 Å². The highest BCUT2D eigenvalue weighted by molar-refractivity contribution is 7.99. The van der Waals surface area contributed by atoms with Gasteiger partial charge in [0.2, 0.25) is 5.91 Å². The number of ether oxygens (including phenoxy) is 2. The minimum absolute atomic E-state index is 0.0575. The largest absolute Gasteiger partial charge is 0.497 e. The van der Waals surface area contributed by atoms with Crippen LogP contribution in [0.25, 0.3) is 5.69 Å². The number of hydrogen-bond donors (Lipinski definition) is 3. The Labute approximate surface area is 203 Å². The zero-order chi connectivity index (χ0) is 24.8. The predicted octanol–water partition coefficient (Wildman–Crippen LogP) is 1.98. The molecule has 0 saturated heterocycles. The number of para-hydroxylation sites is 2. The van der Waals surface area contributed by atoms with Gasteiger partial charge in [-0.05, 0) is 24.3 Å². The molecule has 0 aliphatic carbocycles. The molecular formula is C23H22N6O5S. The van der Waals surface area contributed by atoms with Gasteiger partial charge < -0.3 is 19.8 Å². The summed E-state index contributed by atoms with van der Waals surface area (Å²) in [5.74, 6) is 1.45. The van der Waals surface area contributed by atoms with Crippen molar-refractivity contribution in [1.29, 1.82) is 0 Å². The van der Waals surface area contributed by atoms with Gasteiger partial charge in [0.25, 0.3) is 5.56 Å². The van der Waals surface area contributed by atoms with E-state index in [1.54, 1.807) is 42.0 Å². The van der Waals surface area contributed by atoms with Crippen LogP contribution in [0.2, 0.25) is 0 Å². The number of anilines is 1. The number of nitrogens with zero attached hydrogens (tertiary/aromatic N) is 3. The lowest BCUT2D eigenvalue weighted by Crippen LogP contribution is -2.23. The van der Waals surface area contributed by atoms with Crippen LogP contribution in [0.4, 0.5) is 5.69 Å². The molecule has 0 radical (unpaired) electrons. The number of aromatic nitrogens is 5. The molecule has 0 bridgehead atoms. The van der Waals surface area contributed by atoms with Crippen LogP contribution in [-0.4, -0.2) is 50.6 Å². The molecule has 0 atom stereocenters.